The fraction of sp³-hybridized carbons (Fsp3) is 0.520. The summed E-state index contributed by atoms with van der Waals surface area (Å²) >= 11 is 0. The predicted molar refractivity (Wildman–Crippen MR) is 131 cm³/mol. The van der Waals surface area contributed by atoms with Crippen LogP contribution >= 0.6 is 0 Å². The molecule has 4 unspecified atom stereocenters. The average molecular weight is 486 g/mol. The number of aromatic amines is 1. The highest BCUT2D eigenvalue weighted by Crippen LogP contribution is 2.21. The highest BCUT2D eigenvalue weighted by molar-refractivity contribution is 5.94. The Hall–Kier alpha value is -3.40. The first kappa shape index (κ1) is 26.2. The SMILES string of the molecule is CC(C)CC(NC(=O)C1CCCN1C(=O)C(C)N)C(=O)NC(Cc1c[nH]c2ccccc12)C(=O)O. The number of nitrogens with zero attached hydrogens (tertiary/aromatic N) is 1. The second-order valence-electron chi connectivity index (χ2n) is 9.63. The summed E-state index contributed by atoms with van der Waals surface area (Å²) in [6.07, 6.45) is 3.31. The third kappa shape index (κ3) is 6.39. The number of hydrogen-bond donors (Lipinski definition) is 5. The van der Waals surface area contributed by atoms with Gasteiger partial charge in [0.15, 0.2) is 0 Å². The molecule has 0 radical (unpaired) electrons. The van der Waals surface area contributed by atoms with Crippen molar-refractivity contribution in [2.45, 2.75) is 70.6 Å². The predicted octanol–water partition coefficient (Wildman–Crippen LogP) is 1.15. The number of amides is 3. The molecule has 3 amide bonds. The number of carbonyl (C=O) groups is 4. The van der Waals surface area contributed by atoms with E-state index >= 15 is 0 Å². The Morgan fingerprint density at radius 1 is 1.14 bits per heavy atom. The molecule has 1 aromatic carbocycles. The van der Waals surface area contributed by atoms with Crippen molar-refractivity contribution in [3.8, 4) is 0 Å². The molecule has 2 heterocycles. The van der Waals surface area contributed by atoms with Crippen LogP contribution in [0.2, 0.25) is 0 Å². The van der Waals surface area contributed by atoms with Crippen molar-refractivity contribution in [3.63, 3.8) is 0 Å². The number of para-hydroxylation sites is 1. The number of carboxylic acids is 1. The van der Waals surface area contributed by atoms with Crippen LogP contribution in [0, 0.1) is 5.92 Å². The average Bonchev–Trinajstić information content (AvgIpc) is 3.44. The highest BCUT2D eigenvalue weighted by Gasteiger charge is 2.37. The maximum Gasteiger partial charge on any atom is 0.326 e. The van der Waals surface area contributed by atoms with Gasteiger partial charge in [-0.2, -0.15) is 0 Å². The largest absolute Gasteiger partial charge is 0.480 e. The number of carbonyl (C=O) groups excluding carboxylic acids is 3. The topological polar surface area (TPSA) is 158 Å². The van der Waals surface area contributed by atoms with Gasteiger partial charge in [0.05, 0.1) is 6.04 Å². The van der Waals surface area contributed by atoms with Gasteiger partial charge in [0.25, 0.3) is 0 Å². The van der Waals surface area contributed by atoms with Crippen LogP contribution < -0.4 is 16.4 Å². The number of fused-ring (bicyclic) bond motifs is 1. The third-order valence-electron chi connectivity index (χ3n) is 6.28. The van der Waals surface area contributed by atoms with Gasteiger partial charge in [-0.05, 0) is 43.7 Å². The summed E-state index contributed by atoms with van der Waals surface area (Å²) < 4.78 is 0. The van der Waals surface area contributed by atoms with E-state index in [2.05, 4.69) is 15.6 Å². The molecule has 3 rings (SSSR count). The minimum Gasteiger partial charge on any atom is -0.480 e. The first-order valence-corrected chi connectivity index (χ1v) is 12.0. The molecule has 1 fully saturated rings. The van der Waals surface area contributed by atoms with Gasteiger partial charge in [0, 0.05) is 30.1 Å². The molecule has 10 heteroatoms. The van der Waals surface area contributed by atoms with Crippen LogP contribution in [0.3, 0.4) is 0 Å². The summed E-state index contributed by atoms with van der Waals surface area (Å²) in [6.45, 7) is 5.83. The monoisotopic (exact) mass is 485 g/mol. The van der Waals surface area contributed by atoms with Crippen molar-refractivity contribution >= 4 is 34.6 Å². The van der Waals surface area contributed by atoms with Crippen molar-refractivity contribution in [1.29, 1.82) is 0 Å². The number of nitrogens with two attached hydrogens (primary N) is 1. The standard InChI is InChI=1S/C25H35N5O5/c1-14(2)11-19(28-23(32)21-9-6-10-30(21)24(33)15(3)26)22(31)29-20(25(34)35)12-16-13-27-18-8-5-4-7-17(16)18/h4-5,7-8,13-15,19-21,27H,6,9-12,26H2,1-3H3,(H,28,32)(H,29,31)(H,34,35). The maximum atomic E-state index is 13.2. The van der Waals surface area contributed by atoms with Crippen LogP contribution in [0.1, 0.15) is 45.6 Å². The second-order valence-corrected chi connectivity index (χ2v) is 9.63. The molecule has 0 bridgehead atoms. The Kier molecular flexibility index (Phi) is 8.50. The summed E-state index contributed by atoms with van der Waals surface area (Å²) in [5.41, 5.74) is 7.37. The van der Waals surface area contributed by atoms with E-state index in [1.165, 1.54) is 4.90 Å². The fourth-order valence-corrected chi connectivity index (χ4v) is 4.53. The van der Waals surface area contributed by atoms with Gasteiger partial charge < -0.3 is 31.4 Å². The molecule has 1 saturated heterocycles. The second kappa shape index (κ2) is 11.4. The van der Waals surface area contributed by atoms with E-state index in [0.717, 1.165) is 16.5 Å². The number of aliphatic carboxylic acids is 1. The Morgan fingerprint density at radius 2 is 1.86 bits per heavy atom. The Balaban J connectivity index is 1.72. The van der Waals surface area contributed by atoms with Crippen molar-refractivity contribution in [2.75, 3.05) is 6.54 Å². The lowest BCUT2D eigenvalue weighted by molar-refractivity contribution is -0.143. The van der Waals surface area contributed by atoms with Gasteiger partial charge >= 0.3 is 5.97 Å². The number of benzene rings is 1. The van der Waals surface area contributed by atoms with Crippen LogP contribution in [-0.2, 0) is 25.6 Å². The van der Waals surface area contributed by atoms with Crippen molar-refractivity contribution in [3.05, 3.63) is 36.0 Å². The molecule has 0 saturated carbocycles. The molecule has 1 aliphatic heterocycles. The Bertz CT molecular complexity index is 1080. The van der Waals surface area contributed by atoms with Gasteiger partial charge in [-0.1, -0.05) is 32.0 Å². The van der Waals surface area contributed by atoms with Gasteiger partial charge in [-0.3, -0.25) is 14.4 Å². The number of rotatable bonds is 10. The lowest BCUT2D eigenvalue weighted by atomic mass is 10.0. The van der Waals surface area contributed by atoms with E-state index < -0.39 is 42.0 Å². The van der Waals surface area contributed by atoms with Gasteiger partial charge in [-0.15, -0.1) is 0 Å². The van der Waals surface area contributed by atoms with Gasteiger partial charge in [-0.25, -0.2) is 4.79 Å². The van der Waals surface area contributed by atoms with Crippen LogP contribution in [0.25, 0.3) is 10.9 Å². The zero-order valence-corrected chi connectivity index (χ0v) is 20.4. The molecule has 4 atom stereocenters. The summed E-state index contributed by atoms with van der Waals surface area (Å²) in [5.74, 6) is -2.41. The van der Waals surface area contributed by atoms with Crippen molar-refractivity contribution in [1.82, 2.24) is 20.5 Å². The quantitative estimate of drug-likeness (QED) is 0.340. The molecule has 2 aromatic rings. The zero-order chi connectivity index (χ0) is 25.7. The maximum absolute atomic E-state index is 13.2. The lowest BCUT2D eigenvalue weighted by Gasteiger charge is -2.28. The van der Waals surface area contributed by atoms with Gasteiger partial charge in [0.1, 0.15) is 18.1 Å². The molecule has 1 aromatic heterocycles. The zero-order valence-electron chi connectivity index (χ0n) is 20.4. The van der Waals surface area contributed by atoms with Crippen LogP contribution in [-0.4, -0.2) is 69.4 Å². The number of likely N-dealkylation sites (tertiary alicyclic amines) is 1. The molecule has 0 aliphatic carbocycles. The van der Waals surface area contributed by atoms with Crippen molar-refractivity contribution in [2.24, 2.45) is 11.7 Å². The van der Waals surface area contributed by atoms with Crippen LogP contribution in [0.15, 0.2) is 30.5 Å². The molecule has 0 spiro atoms. The minimum absolute atomic E-state index is 0.0633. The van der Waals surface area contributed by atoms with E-state index in [4.69, 9.17) is 5.73 Å². The summed E-state index contributed by atoms with van der Waals surface area (Å²) in [5, 5.41) is 16.0. The van der Waals surface area contributed by atoms with Crippen molar-refractivity contribution < 1.29 is 24.3 Å². The van der Waals surface area contributed by atoms with Crippen LogP contribution in [0.4, 0.5) is 0 Å². The van der Waals surface area contributed by atoms with E-state index in [-0.39, 0.29) is 18.2 Å². The number of carboxylic acid groups (broad SMARTS) is 1. The lowest BCUT2D eigenvalue weighted by Crippen LogP contribution is -2.56. The number of aromatic nitrogens is 1. The molecule has 6 N–H and O–H groups in total. The number of hydrogen-bond acceptors (Lipinski definition) is 5. The molecular formula is C25H35N5O5. The van der Waals surface area contributed by atoms with E-state index in [1.54, 1.807) is 13.1 Å². The highest BCUT2D eigenvalue weighted by atomic mass is 16.4. The molecule has 35 heavy (non-hydrogen) atoms. The molecule has 190 valence electrons. The summed E-state index contributed by atoms with van der Waals surface area (Å²) in [6, 6.07) is 4.01. The van der Waals surface area contributed by atoms with Crippen LogP contribution in [0.5, 0.6) is 0 Å². The summed E-state index contributed by atoms with van der Waals surface area (Å²) in [7, 11) is 0. The number of nitrogens with one attached hydrogen (secondary N) is 3. The van der Waals surface area contributed by atoms with E-state index in [9.17, 15) is 24.3 Å². The first-order valence-electron chi connectivity index (χ1n) is 12.0. The van der Waals surface area contributed by atoms with E-state index in [1.807, 2.05) is 38.1 Å². The minimum atomic E-state index is -1.17. The van der Waals surface area contributed by atoms with E-state index in [0.29, 0.717) is 25.8 Å². The molecule has 1 aliphatic rings. The Labute approximate surface area is 204 Å². The molecule has 10 nitrogen and oxygen atoms in total. The third-order valence-corrected chi connectivity index (χ3v) is 6.28. The Morgan fingerprint density at radius 3 is 2.51 bits per heavy atom. The number of H-pyrrole nitrogens is 1. The fourth-order valence-electron chi connectivity index (χ4n) is 4.53. The smallest absolute Gasteiger partial charge is 0.326 e. The summed E-state index contributed by atoms with van der Waals surface area (Å²) in [4.78, 5) is 55.2. The molecular weight excluding hydrogens is 450 g/mol. The first-order chi connectivity index (χ1) is 16.6. The normalized spacial score (nSPS) is 18.3. The van der Waals surface area contributed by atoms with Gasteiger partial charge in [0.2, 0.25) is 17.7 Å².